The fraction of sp³-hybridized carbons (Fsp3) is 1.00. The molecule has 1 aliphatic heterocycles. The van der Waals surface area contributed by atoms with Crippen LogP contribution < -0.4 is 0 Å². The SMILES string of the molecule is OCC1(O)O[C@H](O)[C@@H](O)[C@@H]1O. The smallest absolute Gasteiger partial charge is 0.221 e. The highest BCUT2D eigenvalue weighted by molar-refractivity contribution is 4.90. The van der Waals surface area contributed by atoms with Crippen molar-refractivity contribution in [3.63, 3.8) is 0 Å². The zero-order chi connectivity index (χ0) is 8.65. The average molecular weight is 166 g/mol. The Kier molecular flexibility index (Phi) is 2.15. The van der Waals surface area contributed by atoms with Crippen molar-refractivity contribution >= 4 is 0 Å². The van der Waals surface area contributed by atoms with Gasteiger partial charge >= 0.3 is 0 Å². The van der Waals surface area contributed by atoms with Gasteiger partial charge in [0.25, 0.3) is 0 Å². The van der Waals surface area contributed by atoms with E-state index in [4.69, 9.17) is 25.5 Å². The molecule has 1 rings (SSSR count). The standard InChI is InChI=1S/C5H10O6/c6-1-5(10)3(8)2(7)4(9)11-5/h2-4,6-10H,1H2/t2-,3-,4-,5?/m0/s1. The monoisotopic (exact) mass is 166 g/mol. The third-order valence-corrected chi connectivity index (χ3v) is 1.63. The minimum absolute atomic E-state index is 0.887. The highest BCUT2D eigenvalue weighted by Gasteiger charge is 2.52. The molecule has 11 heavy (non-hydrogen) atoms. The van der Waals surface area contributed by atoms with E-state index in [1.807, 2.05) is 0 Å². The molecule has 0 bridgehead atoms. The fourth-order valence-corrected chi connectivity index (χ4v) is 0.902. The van der Waals surface area contributed by atoms with Crippen LogP contribution in [0.3, 0.4) is 0 Å². The van der Waals surface area contributed by atoms with Crippen LogP contribution >= 0.6 is 0 Å². The summed E-state index contributed by atoms with van der Waals surface area (Å²) in [5, 5.41) is 44.1. The molecule has 0 spiro atoms. The zero-order valence-corrected chi connectivity index (χ0v) is 5.58. The molecule has 1 saturated heterocycles. The van der Waals surface area contributed by atoms with E-state index in [0.29, 0.717) is 0 Å². The molecule has 5 N–H and O–H groups in total. The molecule has 0 radical (unpaired) electrons. The molecular formula is C5H10O6. The summed E-state index contributed by atoms with van der Waals surface area (Å²) in [7, 11) is 0. The maximum absolute atomic E-state index is 9.07. The second-order valence-corrected chi connectivity index (χ2v) is 2.45. The quantitative estimate of drug-likeness (QED) is 0.279. The summed E-state index contributed by atoms with van der Waals surface area (Å²) < 4.78 is 4.28. The molecule has 66 valence electrons. The molecule has 0 saturated carbocycles. The topological polar surface area (TPSA) is 110 Å². The Hall–Kier alpha value is -0.240. The van der Waals surface area contributed by atoms with Gasteiger partial charge in [-0.1, -0.05) is 0 Å². The van der Waals surface area contributed by atoms with Crippen molar-refractivity contribution < 1.29 is 30.3 Å². The van der Waals surface area contributed by atoms with E-state index in [-0.39, 0.29) is 0 Å². The Morgan fingerprint density at radius 2 is 1.82 bits per heavy atom. The van der Waals surface area contributed by atoms with Gasteiger partial charge in [-0.2, -0.15) is 0 Å². The van der Waals surface area contributed by atoms with E-state index in [1.54, 1.807) is 0 Å². The second-order valence-electron chi connectivity index (χ2n) is 2.45. The third-order valence-electron chi connectivity index (χ3n) is 1.63. The number of rotatable bonds is 1. The van der Waals surface area contributed by atoms with Gasteiger partial charge in [-0.25, -0.2) is 0 Å². The van der Waals surface area contributed by atoms with Gasteiger partial charge in [-0.05, 0) is 0 Å². The van der Waals surface area contributed by atoms with Crippen LogP contribution in [0, 0.1) is 0 Å². The molecule has 1 fully saturated rings. The molecule has 0 aromatic carbocycles. The zero-order valence-electron chi connectivity index (χ0n) is 5.58. The lowest BCUT2D eigenvalue weighted by atomic mass is 10.1. The van der Waals surface area contributed by atoms with E-state index < -0.39 is 30.9 Å². The molecule has 1 heterocycles. The Morgan fingerprint density at radius 3 is 2.00 bits per heavy atom. The first kappa shape index (κ1) is 8.85. The van der Waals surface area contributed by atoms with Crippen molar-refractivity contribution in [3.8, 4) is 0 Å². The van der Waals surface area contributed by atoms with Gasteiger partial charge in [0.1, 0.15) is 12.2 Å². The maximum atomic E-state index is 9.07. The number of hydrogen-bond donors (Lipinski definition) is 5. The normalized spacial score (nSPS) is 51.5. The number of ether oxygens (including phenoxy) is 1. The molecule has 6 nitrogen and oxygen atoms in total. The summed E-state index contributed by atoms with van der Waals surface area (Å²) in [5.74, 6) is -2.25. The van der Waals surface area contributed by atoms with Crippen LogP contribution in [0.2, 0.25) is 0 Å². The van der Waals surface area contributed by atoms with E-state index in [2.05, 4.69) is 4.74 Å². The van der Waals surface area contributed by atoms with Crippen molar-refractivity contribution in [2.24, 2.45) is 0 Å². The average Bonchev–Trinajstić information content (AvgIpc) is 2.17. The molecule has 0 aromatic rings. The fourth-order valence-electron chi connectivity index (χ4n) is 0.902. The van der Waals surface area contributed by atoms with Crippen LogP contribution in [0.15, 0.2) is 0 Å². The summed E-state index contributed by atoms with van der Waals surface area (Å²) in [6, 6.07) is 0. The largest absolute Gasteiger partial charge is 0.391 e. The summed E-state index contributed by atoms with van der Waals surface area (Å²) in [6.07, 6.45) is -4.95. The first-order valence-corrected chi connectivity index (χ1v) is 3.06. The lowest BCUT2D eigenvalue weighted by molar-refractivity contribution is -0.272. The minimum atomic E-state index is -2.25. The molecule has 0 aromatic heterocycles. The number of aliphatic hydroxyl groups excluding tert-OH is 4. The van der Waals surface area contributed by atoms with Gasteiger partial charge in [-0.3, -0.25) is 0 Å². The molecule has 1 aliphatic rings. The molecule has 1 unspecified atom stereocenters. The highest BCUT2D eigenvalue weighted by atomic mass is 16.7. The first-order chi connectivity index (χ1) is 5.01. The Labute approximate surface area is 62.3 Å². The van der Waals surface area contributed by atoms with Crippen LogP contribution in [0.4, 0.5) is 0 Å². The summed E-state index contributed by atoms with van der Waals surface area (Å²) >= 11 is 0. The van der Waals surface area contributed by atoms with Gasteiger partial charge in [-0.15, -0.1) is 0 Å². The highest BCUT2D eigenvalue weighted by Crippen LogP contribution is 2.26. The Bertz CT molecular complexity index is 150. The molecule has 4 atom stereocenters. The predicted molar refractivity (Wildman–Crippen MR) is 31.1 cm³/mol. The Morgan fingerprint density at radius 1 is 1.27 bits per heavy atom. The van der Waals surface area contributed by atoms with Gasteiger partial charge in [0.05, 0.1) is 6.61 Å². The second kappa shape index (κ2) is 2.67. The van der Waals surface area contributed by atoms with E-state index in [1.165, 1.54) is 0 Å². The van der Waals surface area contributed by atoms with Crippen molar-refractivity contribution in [2.45, 2.75) is 24.3 Å². The number of aliphatic hydroxyl groups is 5. The number of hydrogen-bond acceptors (Lipinski definition) is 6. The van der Waals surface area contributed by atoms with Crippen molar-refractivity contribution in [1.29, 1.82) is 0 Å². The minimum Gasteiger partial charge on any atom is -0.391 e. The maximum Gasteiger partial charge on any atom is 0.221 e. The summed E-state index contributed by atoms with van der Waals surface area (Å²) in [6.45, 7) is -0.887. The van der Waals surface area contributed by atoms with Gasteiger partial charge in [0.2, 0.25) is 5.79 Å². The van der Waals surface area contributed by atoms with E-state index >= 15 is 0 Å². The van der Waals surface area contributed by atoms with Crippen LogP contribution in [0.1, 0.15) is 0 Å². The van der Waals surface area contributed by atoms with Crippen LogP contribution in [0.5, 0.6) is 0 Å². The lowest BCUT2D eigenvalue weighted by Crippen LogP contribution is -2.46. The van der Waals surface area contributed by atoms with E-state index in [0.717, 1.165) is 0 Å². The molecule has 0 aliphatic carbocycles. The van der Waals surface area contributed by atoms with Gasteiger partial charge < -0.3 is 30.3 Å². The van der Waals surface area contributed by atoms with Crippen molar-refractivity contribution in [2.75, 3.05) is 6.61 Å². The molecule has 0 amide bonds. The van der Waals surface area contributed by atoms with Crippen LogP contribution in [-0.4, -0.2) is 56.4 Å². The first-order valence-electron chi connectivity index (χ1n) is 3.06. The van der Waals surface area contributed by atoms with Gasteiger partial charge in [0, 0.05) is 0 Å². The molecular weight excluding hydrogens is 156 g/mol. The Balaban J connectivity index is 2.73. The van der Waals surface area contributed by atoms with Gasteiger partial charge in [0.15, 0.2) is 6.29 Å². The molecule has 6 heteroatoms. The third kappa shape index (κ3) is 1.24. The summed E-state index contributed by atoms with van der Waals surface area (Å²) in [4.78, 5) is 0. The lowest BCUT2D eigenvalue weighted by Gasteiger charge is -2.22. The summed E-state index contributed by atoms with van der Waals surface area (Å²) in [5.41, 5.74) is 0. The van der Waals surface area contributed by atoms with Crippen molar-refractivity contribution in [3.05, 3.63) is 0 Å². The van der Waals surface area contributed by atoms with E-state index in [9.17, 15) is 0 Å². The van der Waals surface area contributed by atoms with Crippen LogP contribution in [-0.2, 0) is 4.74 Å². The predicted octanol–water partition coefficient (Wildman–Crippen LogP) is -3.26. The van der Waals surface area contributed by atoms with Crippen molar-refractivity contribution in [1.82, 2.24) is 0 Å². The van der Waals surface area contributed by atoms with Crippen LogP contribution in [0.25, 0.3) is 0 Å².